The molecule has 2 rings (SSSR count). The van der Waals surface area contributed by atoms with Crippen molar-refractivity contribution in [2.24, 2.45) is 17.6 Å². The fourth-order valence-electron chi connectivity index (χ4n) is 3.34. The second-order valence-electron chi connectivity index (χ2n) is 6.18. The molecule has 0 radical (unpaired) electrons. The predicted molar refractivity (Wildman–Crippen MR) is 76.8 cm³/mol. The zero-order valence-corrected chi connectivity index (χ0v) is 12.3. The van der Waals surface area contributed by atoms with E-state index in [1.54, 1.807) is 0 Å². The van der Waals surface area contributed by atoms with Crippen molar-refractivity contribution in [2.75, 3.05) is 46.8 Å². The van der Waals surface area contributed by atoms with Gasteiger partial charge in [-0.05, 0) is 39.4 Å². The Balaban J connectivity index is 1.79. The summed E-state index contributed by atoms with van der Waals surface area (Å²) in [6.45, 7) is 4.62. The Hall–Kier alpha value is -0.650. The molecule has 3 N–H and O–H groups in total. The molecule has 0 aromatic rings. The summed E-state index contributed by atoms with van der Waals surface area (Å²) >= 11 is 0. The molecule has 110 valence electrons. The van der Waals surface area contributed by atoms with Crippen LogP contribution >= 0.6 is 0 Å². The summed E-state index contributed by atoms with van der Waals surface area (Å²) < 4.78 is 0. The molecule has 19 heavy (non-hydrogen) atoms. The third-order valence-electron chi connectivity index (χ3n) is 4.79. The first kappa shape index (κ1) is 14.8. The van der Waals surface area contributed by atoms with Crippen LogP contribution in [0.4, 0.5) is 0 Å². The number of carbonyl (C=O) groups excluding carboxylic acids is 1. The van der Waals surface area contributed by atoms with Gasteiger partial charge in [0.25, 0.3) is 0 Å². The van der Waals surface area contributed by atoms with Crippen LogP contribution in [0.1, 0.15) is 19.3 Å². The quantitative estimate of drug-likeness (QED) is 0.736. The molecule has 0 spiro atoms. The largest absolute Gasteiger partial charge is 0.354 e. The van der Waals surface area contributed by atoms with Gasteiger partial charge in [0.1, 0.15) is 0 Å². The number of amides is 1. The molecule has 5 nitrogen and oxygen atoms in total. The minimum absolute atomic E-state index is 0.150. The van der Waals surface area contributed by atoms with Crippen LogP contribution in [0.3, 0.4) is 0 Å². The van der Waals surface area contributed by atoms with Gasteiger partial charge in [0.2, 0.25) is 5.91 Å². The van der Waals surface area contributed by atoms with Gasteiger partial charge >= 0.3 is 0 Å². The van der Waals surface area contributed by atoms with Gasteiger partial charge in [0.15, 0.2) is 0 Å². The standard InChI is InChI=1S/C14H28N4O/c1-17-6-7-18(2)12(10-17)9-16-14(19)13-5-3-4-11(13)8-15/h11-13H,3-10,15H2,1-2H3,(H,16,19). The number of carbonyl (C=O) groups is 1. The van der Waals surface area contributed by atoms with Gasteiger partial charge in [0.05, 0.1) is 0 Å². The lowest BCUT2D eigenvalue weighted by atomic mass is 9.95. The number of nitrogens with zero attached hydrogens (tertiary/aromatic N) is 2. The predicted octanol–water partition coefficient (Wildman–Crippen LogP) is -0.277. The number of nitrogens with two attached hydrogens (primary N) is 1. The van der Waals surface area contributed by atoms with Crippen LogP contribution in [-0.2, 0) is 4.79 Å². The van der Waals surface area contributed by atoms with Crippen LogP contribution < -0.4 is 11.1 Å². The van der Waals surface area contributed by atoms with Crippen molar-refractivity contribution in [2.45, 2.75) is 25.3 Å². The van der Waals surface area contributed by atoms with E-state index in [1.165, 1.54) is 0 Å². The molecule has 5 heteroatoms. The zero-order chi connectivity index (χ0) is 13.8. The molecular formula is C14H28N4O. The maximum Gasteiger partial charge on any atom is 0.223 e. The van der Waals surface area contributed by atoms with Gasteiger partial charge in [-0.2, -0.15) is 0 Å². The van der Waals surface area contributed by atoms with Crippen molar-refractivity contribution >= 4 is 5.91 Å². The lowest BCUT2D eigenvalue weighted by Crippen LogP contribution is -2.54. The summed E-state index contributed by atoms with van der Waals surface area (Å²) in [5.41, 5.74) is 5.75. The Morgan fingerprint density at radius 3 is 2.84 bits per heavy atom. The Labute approximate surface area is 116 Å². The van der Waals surface area contributed by atoms with Gasteiger partial charge in [-0.25, -0.2) is 0 Å². The second-order valence-corrected chi connectivity index (χ2v) is 6.18. The van der Waals surface area contributed by atoms with Gasteiger partial charge in [0, 0.05) is 38.1 Å². The van der Waals surface area contributed by atoms with Gasteiger partial charge in [-0.15, -0.1) is 0 Å². The summed E-state index contributed by atoms with van der Waals surface area (Å²) in [5.74, 6) is 0.762. The van der Waals surface area contributed by atoms with E-state index >= 15 is 0 Å². The number of hydrogen-bond acceptors (Lipinski definition) is 4. The fourth-order valence-corrected chi connectivity index (χ4v) is 3.34. The lowest BCUT2D eigenvalue weighted by Gasteiger charge is -2.38. The number of piperazine rings is 1. The highest BCUT2D eigenvalue weighted by Gasteiger charge is 2.32. The number of likely N-dealkylation sites (N-methyl/N-ethyl adjacent to an activating group) is 2. The Morgan fingerprint density at radius 1 is 1.32 bits per heavy atom. The molecular weight excluding hydrogens is 240 g/mol. The monoisotopic (exact) mass is 268 g/mol. The minimum Gasteiger partial charge on any atom is -0.354 e. The van der Waals surface area contributed by atoms with Crippen molar-refractivity contribution in [1.29, 1.82) is 0 Å². The SMILES string of the molecule is CN1CCN(C)C(CNC(=O)C2CCCC2CN)C1. The summed E-state index contributed by atoms with van der Waals surface area (Å²) in [7, 11) is 4.28. The first-order valence-electron chi connectivity index (χ1n) is 7.48. The third-order valence-corrected chi connectivity index (χ3v) is 4.79. The molecule has 0 aromatic carbocycles. The molecule has 1 amide bonds. The number of rotatable bonds is 4. The van der Waals surface area contributed by atoms with Gasteiger partial charge < -0.3 is 16.0 Å². The van der Waals surface area contributed by atoms with Crippen molar-refractivity contribution in [3.63, 3.8) is 0 Å². The third kappa shape index (κ3) is 3.68. The molecule has 2 aliphatic rings. The average Bonchev–Trinajstić information content (AvgIpc) is 2.88. The minimum atomic E-state index is 0.150. The van der Waals surface area contributed by atoms with Crippen molar-refractivity contribution in [3.8, 4) is 0 Å². The first-order valence-corrected chi connectivity index (χ1v) is 7.48. The van der Waals surface area contributed by atoms with Crippen molar-refractivity contribution < 1.29 is 4.79 Å². The molecule has 1 aliphatic carbocycles. The van der Waals surface area contributed by atoms with Crippen LogP contribution in [0.25, 0.3) is 0 Å². The van der Waals surface area contributed by atoms with Crippen molar-refractivity contribution in [1.82, 2.24) is 15.1 Å². The smallest absolute Gasteiger partial charge is 0.223 e. The molecule has 2 fully saturated rings. The van der Waals surface area contributed by atoms with E-state index in [0.717, 1.165) is 45.4 Å². The van der Waals surface area contributed by atoms with E-state index in [1.807, 2.05) is 0 Å². The van der Waals surface area contributed by atoms with E-state index in [4.69, 9.17) is 5.73 Å². The van der Waals surface area contributed by atoms with E-state index in [0.29, 0.717) is 18.5 Å². The van der Waals surface area contributed by atoms with Crippen LogP contribution in [-0.4, -0.2) is 68.6 Å². The summed E-state index contributed by atoms with van der Waals surface area (Å²) in [5, 5.41) is 3.15. The molecule has 1 heterocycles. The second kappa shape index (κ2) is 6.68. The summed E-state index contributed by atoms with van der Waals surface area (Å²) in [6, 6.07) is 0.431. The molecule has 0 aromatic heterocycles. The first-order chi connectivity index (χ1) is 9.11. The maximum atomic E-state index is 12.2. The van der Waals surface area contributed by atoms with E-state index in [9.17, 15) is 4.79 Å². The molecule has 1 aliphatic heterocycles. The molecule has 1 saturated heterocycles. The van der Waals surface area contributed by atoms with E-state index < -0.39 is 0 Å². The molecule has 3 unspecified atom stereocenters. The van der Waals surface area contributed by atoms with Crippen molar-refractivity contribution in [3.05, 3.63) is 0 Å². The fraction of sp³-hybridized carbons (Fsp3) is 0.929. The number of hydrogen-bond donors (Lipinski definition) is 2. The van der Waals surface area contributed by atoms with Crippen LogP contribution in [0, 0.1) is 11.8 Å². The van der Waals surface area contributed by atoms with E-state index in [-0.39, 0.29) is 11.8 Å². The summed E-state index contributed by atoms with van der Waals surface area (Å²) in [6.07, 6.45) is 3.26. The molecule has 3 atom stereocenters. The Bertz CT molecular complexity index is 310. The molecule has 1 saturated carbocycles. The van der Waals surface area contributed by atoms with Crippen LogP contribution in [0.5, 0.6) is 0 Å². The highest BCUT2D eigenvalue weighted by Crippen LogP contribution is 2.30. The zero-order valence-electron chi connectivity index (χ0n) is 12.3. The van der Waals surface area contributed by atoms with Gasteiger partial charge in [-0.1, -0.05) is 6.42 Å². The average molecular weight is 268 g/mol. The highest BCUT2D eigenvalue weighted by atomic mass is 16.1. The van der Waals surface area contributed by atoms with E-state index in [2.05, 4.69) is 29.2 Å². The summed E-state index contributed by atoms with van der Waals surface area (Å²) in [4.78, 5) is 16.9. The highest BCUT2D eigenvalue weighted by molar-refractivity contribution is 5.79. The Kier molecular flexibility index (Phi) is 5.19. The van der Waals surface area contributed by atoms with Crippen LogP contribution in [0.2, 0.25) is 0 Å². The molecule has 0 bridgehead atoms. The Morgan fingerprint density at radius 2 is 2.11 bits per heavy atom. The number of nitrogens with one attached hydrogen (secondary N) is 1. The van der Waals surface area contributed by atoms with Gasteiger partial charge in [-0.3, -0.25) is 9.69 Å². The topological polar surface area (TPSA) is 61.6 Å². The normalized spacial score (nSPS) is 33.5. The van der Waals surface area contributed by atoms with Crippen LogP contribution in [0.15, 0.2) is 0 Å². The lowest BCUT2D eigenvalue weighted by molar-refractivity contribution is -0.126. The maximum absolute atomic E-state index is 12.2.